The lowest BCUT2D eigenvalue weighted by Gasteiger charge is -2.17. The Morgan fingerprint density at radius 2 is 1.81 bits per heavy atom. The van der Waals surface area contributed by atoms with Crippen LogP contribution >= 0.6 is 0 Å². The molecule has 5 nitrogen and oxygen atoms in total. The quantitative estimate of drug-likeness (QED) is 0.910. The van der Waals surface area contributed by atoms with Gasteiger partial charge in [-0.3, -0.25) is 4.79 Å². The molecule has 7 heteroatoms. The third-order valence-electron chi connectivity index (χ3n) is 3.99. The van der Waals surface area contributed by atoms with Crippen LogP contribution < -0.4 is 5.73 Å². The van der Waals surface area contributed by atoms with E-state index in [9.17, 15) is 17.6 Å². The van der Waals surface area contributed by atoms with E-state index < -0.39 is 27.7 Å². The van der Waals surface area contributed by atoms with Crippen LogP contribution in [0.3, 0.4) is 0 Å². The molecule has 2 atom stereocenters. The Labute approximate surface area is 124 Å². The molecule has 2 N–H and O–H groups in total. The van der Waals surface area contributed by atoms with E-state index >= 15 is 0 Å². The fourth-order valence-electron chi connectivity index (χ4n) is 2.69. The van der Waals surface area contributed by atoms with Crippen LogP contribution in [0.2, 0.25) is 0 Å². The molecule has 0 bridgehead atoms. The van der Waals surface area contributed by atoms with Crippen LogP contribution in [-0.2, 0) is 14.8 Å². The summed E-state index contributed by atoms with van der Waals surface area (Å²) in [6, 6.07) is 2.64. The molecule has 2 rings (SSSR count). The molecular weight excluding hydrogens is 295 g/mol. The molecule has 1 saturated heterocycles. The number of nitrogens with two attached hydrogens (primary N) is 1. The highest BCUT2D eigenvalue weighted by Crippen LogP contribution is 2.29. The van der Waals surface area contributed by atoms with Gasteiger partial charge in [-0.15, -0.1) is 0 Å². The van der Waals surface area contributed by atoms with Crippen LogP contribution in [0.5, 0.6) is 0 Å². The minimum atomic E-state index is -3.74. The summed E-state index contributed by atoms with van der Waals surface area (Å²) in [6.45, 7) is 5.17. The summed E-state index contributed by atoms with van der Waals surface area (Å²) < 4.78 is 40.1. The number of benzene rings is 1. The molecule has 1 aromatic carbocycles. The number of aryl methyl sites for hydroxylation is 2. The highest BCUT2D eigenvalue weighted by atomic mass is 32.2. The predicted octanol–water partition coefficient (Wildman–Crippen LogP) is 1.18. The van der Waals surface area contributed by atoms with E-state index in [0.29, 0.717) is 0 Å². The minimum Gasteiger partial charge on any atom is -0.369 e. The van der Waals surface area contributed by atoms with Gasteiger partial charge >= 0.3 is 0 Å². The smallest absolute Gasteiger partial charge is 0.243 e. The maximum atomic E-state index is 13.6. The third kappa shape index (κ3) is 2.80. The average Bonchev–Trinajstić information content (AvgIpc) is 2.78. The maximum Gasteiger partial charge on any atom is 0.243 e. The van der Waals surface area contributed by atoms with Crippen molar-refractivity contribution in [1.29, 1.82) is 0 Å². The molecule has 1 amide bonds. The molecule has 1 fully saturated rings. The third-order valence-corrected chi connectivity index (χ3v) is 5.80. The van der Waals surface area contributed by atoms with Crippen molar-refractivity contribution in [3.05, 3.63) is 29.1 Å². The summed E-state index contributed by atoms with van der Waals surface area (Å²) in [7, 11) is -3.74. The number of rotatable bonds is 3. The van der Waals surface area contributed by atoms with Crippen LogP contribution in [-0.4, -0.2) is 31.7 Å². The number of primary amides is 1. The highest BCUT2D eigenvalue weighted by Gasteiger charge is 2.39. The molecule has 1 aromatic rings. The second-order valence-electron chi connectivity index (χ2n) is 5.68. The number of amides is 1. The van der Waals surface area contributed by atoms with Crippen molar-refractivity contribution in [3.8, 4) is 0 Å². The molecule has 116 valence electrons. The van der Waals surface area contributed by atoms with Gasteiger partial charge in [0.2, 0.25) is 15.9 Å². The highest BCUT2D eigenvalue weighted by molar-refractivity contribution is 7.89. The zero-order valence-corrected chi connectivity index (χ0v) is 13.1. The number of halogens is 1. The summed E-state index contributed by atoms with van der Waals surface area (Å²) in [6.07, 6.45) is 0. The monoisotopic (exact) mass is 314 g/mol. The first kappa shape index (κ1) is 15.9. The molecule has 0 unspecified atom stereocenters. The van der Waals surface area contributed by atoms with Crippen LogP contribution in [0.4, 0.5) is 4.39 Å². The SMILES string of the molecule is Cc1cc(S(=O)(=O)N2C[C@@H](C)[C@H](C(N)=O)C2)cc(C)c1F. The van der Waals surface area contributed by atoms with Gasteiger partial charge in [-0.05, 0) is 43.0 Å². The number of nitrogens with zero attached hydrogens (tertiary/aromatic N) is 1. The molecular formula is C14H19FN2O3S. The first-order chi connectivity index (χ1) is 9.64. The number of sulfonamides is 1. The Hall–Kier alpha value is -1.47. The second kappa shape index (κ2) is 5.38. The lowest BCUT2D eigenvalue weighted by Crippen LogP contribution is -2.32. The zero-order valence-electron chi connectivity index (χ0n) is 12.3. The Morgan fingerprint density at radius 3 is 2.24 bits per heavy atom. The van der Waals surface area contributed by atoms with Gasteiger partial charge in [-0.2, -0.15) is 4.31 Å². The molecule has 0 aliphatic carbocycles. The molecule has 0 spiro atoms. The largest absolute Gasteiger partial charge is 0.369 e. The summed E-state index contributed by atoms with van der Waals surface area (Å²) in [4.78, 5) is 11.4. The summed E-state index contributed by atoms with van der Waals surface area (Å²) >= 11 is 0. The van der Waals surface area contributed by atoms with Crippen molar-refractivity contribution in [1.82, 2.24) is 4.31 Å². The number of hydrogen-bond acceptors (Lipinski definition) is 3. The number of carbonyl (C=O) groups excluding carboxylic acids is 1. The lowest BCUT2D eigenvalue weighted by molar-refractivity contribution is -0.122. The molecule has 0 aromatic heterocycles. The topological polar surface area (TPSA) is 80.5 Å². The van der Waals surface area contributed by atoms with Gasteiger partial charge in [0, 0.05) is 13.1 Å². The van der Waals surface area contributed by atoms with E-state index in [1.807, 2.05) is 0 Å². The Bertz CT molecular complexity index is 664. The normalized spacial score (nSPS) is 23.4. The number of hydrogen-bond donors (Lipinski definition) is 1. The van der Waals surface area contributed by atoms with E-state index in [0.717, 1.165) is 0 Å². The van der Waals surface area contributed by atoms with Gasteiger partial charge in [0.15, 0.2) is 0 Å². The second-order valence-corrected chi connectivity index (χ2v) is 7.62. The van der Waals surface area contributed by atoms with Gasteiger partial charge < -0.3 is 5.73 Å². The van der Waals surface area contributed by atoms with Crippen LogP contribution in [0, 0.1) is 31.5 Å². The van der Waals surface area contributed by atoms with Crippen molar-refractivity contribution in [2.75, 3.05) is 13.1 Å². The lowest BCUT2D eigenvalue weighted by atomic mass is 9.98. The molecule has 0 saturated carbocycles. The maximum absolute atomic E-state index is 13.6. The fourth-order valence-corrected chi connectivity index (χ4v) is 4.43. The Morgan fingerprint density at radius 1 is 1.29 bits per heavy atom. The molecule has 1 aliphatic rings. The summed E-state index contributed by atoms with van der Waals surface area (Å²) in [5.74, 6) is -1.51. The van der Waals surface area contributed by atoms with Crippen LogP contribution in [0.15, 0.2) is 17.0 Å². The van der Waals surface area contributed by atoms with E-state index in [1.54, 1.807) is 6.92 Å². The van der Waals surface area contributed by atoms with Gasteiger partial charge in [0.25, 0.3) is 0 Å². The fraction of sp³-hybridized carbons (Fsp3) is 0.500. The zero-order chi connectivity index (χ0) is 15.9. The standard InChI is InChI=1S/C14H19FN2O3S/c1-8-4-11(5-9(2)13(8)15)21(19,20)17-6-10(3)12(7-17)14(16)18/h4-5,10,12H,6-7H2,1-3H3,(H2,16,18)/t10-,12-/m1/s1. The van der Waals surface area contributed by atoms with E-state index in [2.05, 4.69) is 0 Å². The predicted molar refractivity (Wildman–Crippen MR) is 76.5 cm³/mol. The van der Waals surface area contributed by atoms with Crippen LogP contribution in [0.1, 0.15) is 18.1 Å². The van der Waals surface area contributed by atoms with Crippen molar-refractivity contribution in [2.45, 2.75) is 25.7 Å². The molecule has 1 heterocycles. The first-order valence-electron chi connectivity index (χ1n) is 6.70. The van der Waals surface area contributed by atoms with Gasteiger partial charge in [-0.1, -0.05) is 6.92 Å². The molecule has 21 heavy (non-hydrogen) atoms. The minimum absolute atomic E-state index is 0.0521. The van der Waals surface area contributed by atoms with Gasteiger partial charge in [-0.25, -0.2) is 12.8 Å². The summed E-state index contributed by atoms with van der Waals surface area (Å²) in [5, 5.41) is 0. The van der Waals surface area contributed by atoms with Crippen LogP contribution in [0.25, 0.3) is 0 Å². The first-order valence-corrected chi connectivity index (χ1v) is 8.14. The van der Waals surface area contributed by atoms with Gasteiger partial charge in [0.05, 0.1) is 10.8 Å². The van der Waals surface area contributed by atoms with Crippen molar-refractivity contribution >= 4 is 15.9 Å². The Kier molecular flexibility index (Phi) is 4.08. The molecule has 0 radical (unpaired) electrons. The molecule has 1 aliphatic heterocycles. The van der Waals surface area contributed by atoms with Crippen molar-refractivity contribution in [2.24, 2.45) is 17.6 Å². The average molecular weight is 314 g/mol. The van der Waals surface area contributed by atoms with Crippen molar-refractivity contribution < 1.29 is 17.6 Å². The van der Waals surface area contributed by atoms with E-state index in [-0.39, 0.29) is 35.0 Å². The Balaban J connectivity index is 2.38. The summed E-state index contributed by atoms with van der Waals surface area (Å²) in [5.41, 5.74) is 5.86. The van der Waals surface area contributed by atoms with E-state index in [4.69, 9.17) is 5.73 Å². The van der Waals surface area contributed by atoms with E-state index in [1.165, 1.54) is 30.3 Å². The number of carbonyl (C=O) groups is 1. The van der Waals surface area contributed by atoms with Gasteiger partial charge in [0.1, 0.15) is 5.82 Å². The van der Waals surface area contributed by atoms with Crippen molar-refractivity contribution in [3.63, 3.8) is 0 Å².